The van der Waals surface area contributed by atoms with Gasteiger partial charge in [-0.05, 0) is 63.0 Å². The maximum absolute atomic E-state index is 10.8. The highest BCUT2D eigenvalue weighted by molar-refractivity contribution is 8.76. The molecule has 0 radical (unpaired) electrons. The van der Waals surface area contributed by atoms with Crippen LogP contribution in [-0.2, 0) is 13.1 Å². The van der Waals surface area contributed by atoms with E-state index in [4.69, 9.17) is 0 Å². The van der Waals surface area contributed by atoms with Crippen LogP contribution in [0.5, 0.6) is 0 Å². The van der Waals surface area contributed by atoms with Crippen molar-refractivity contribution < 1.29 is 9.85 Å². The molecule has 2 aromatic carbocycles. The first-order valence-corrected chi connectivity index (χ1v) is 17.6. The van der Waals surface area contributed by atoms with E-state index >= 15 is 0 Å². The van der Waals surface area contributed by atoms with Crippen LogP contribution in [0.15, 0.2) is 48.5 Å². The smallest absolute Gasteiger partial charge is 0.269 e. The van der Waals surface area contributed by atoms with Crippen LogP contribution in [0.4, 0.5) is 11.4 Å². The van der Waals surface area contributed by atoms with E-state index in [0.717, 1.165) is 74.7 Å². The summed E-state index contributed by atoms with van der Waals surface area (Å²) in [6.45, 7) is 7.46. The predicted molar refractivity (Wildman–Crippen MR) is 177 cm³/mol. The van der Waals surface area contributed by atoms with Gasteiger partial charge in [-0.25, -0.2) is 0 Å². The number of nitro benzene ring substituents is 2. The van der Waals surface area contributed by atoms with Gasteiger partial charge in [-0.1, -0.05) is 71.5 Å². The first kappa shape index (κ1) is 36.0. The van der Waals surface area contributed by atoms with Gasteiger partial charge in [0.05, 0.1) is 9.85 Å². The van der Waals surface area contributed by atoms with Crippen LogP contribution >= 0.6 is 21.6 Å². The molecule has 0 heterocycles. The maximum Gasteiger partial charge on any atom is 0.269 e. The van der Waals surface area contributed by atoms with E-state index in [1.165, 1.54) is 50.7 Å². The van der Waals surface area contributed by atoms with Gasteiger partial charge in [0.2, 0.25) is 0 Å². The normalized spacial score (nSPS) is 11.1. The van der Waals surface area contributed by atoms with Gasteiger partial charge in [-0.3, -0.25) is 20.2 Å². The van der Waals surface area contributed by atoms with Crippen molar-refractivity contribution in [2.24, 2.45) is 0 Å². The van der Waals surface area contributed by atoms with Gasteiger partial charge in [0.1, 0.15) is 0 Å². The standard InChI is InChI=1S/C30H48N6O4S2/c37-35(38)29-13-9-11-27(23-29)25-33-17-7-3-1-5-15-31-19-21-41-42-22-20-32-16-6-2-4-8-18-34-26-28-12-10-14-30(24-28)36(39)40/h9-14,23-24,31-34H,1-8,15-22,25-26H2. The van der Waals surface area contributed by atoms with Crippen molar-refractivity contribution in [1.29, 1.82) is 0 Å². The molecule has 0 atom stereocenters. The summed E-state index contributed by atoms with van der Waals surface area (Å²) in [6, 6.07) is 13.6. The summed E-state index contributed by atoms with van der Waals surface area (Å²) >= 11 is 0. The van der Waals surface area contributed by atoms with Gasteiger partial charge in [0, 0.05) is 62.0 Å². The molecule has 0 bridgehead atoms. The van der Waals surface area contributed by atoms with Crippen LogP contribution in [0.3, 0.4) is 0 Å². The largest absolute Gasteiger partial charge is 0.316 e. The molecular formula is C30H48N6O4S2. The topological polar surface area (TPSA) is 134 Å². The van der Waals surface area contributed by atoms with E-state index in [1.807, 2.05) is 33.7 Å². The SMILES string of the molecule is O=[N+]([O-])c1cccc(CNCCCCCCNCCSSCCNCCCCCCNCc2cccc([N+](=O)[O-])c2)c1. The lowest BCUT2D eigenvalue weighted by Gasteiger charge is -2.07. The summed E-state index contributed by atoms with van der Waals surface area (Å²) in [5.74, 6) is 2.25. The molecule has 12 heteroatoms. The molecule has 4 N–H and O–H groups in total. The van der Waals surface area contributed by atoms with Crippen LogP contribution in [0.2, 0.25) is 0 Å². The van der Waals surface area contributed by atoms with Gasteiger partial charge in [0.15, 0.2) is 0 Å². The zero-order valence-electron chi connectivity index (χ0n) is 24.7. The lowest BCUT2D eigenvalue weighted by molar-refractivity contribution is -0.385. The fraction of sp³-hybridized carbons (Fsp3) is 0.600. The number of nitrogens with one attached hydrogen (secondary N) is 4. The second-order valence-corrected chi connectivity index (χ2v) is 12.9. The molecule has 0 fully saturated rings. The average Bonchev–Trinajstić information content (AvgIpc) is 2.99. The predicted octanol–water partition coefficient (Wildman–Crippen LogP) is 6.06. The first-order chi connectivity index (χ1) is 20.6. The van der Waals surface area contributed by atoms with Crippen LogP contribution in [0, 0.1) is 20.2 Å². The van der Waals surface area contributed by atoms with Crippen LogP contribution in [-0.4, -0.2) is 60.6 Å². The van der Waals surface area contributed by atoms with Gasteiger partial charge >= 0.3 is 0 Å². The second kappa shape index (κ2) is 24.2. The molecule has 234 valence electrons. The van der Waals surface area contributed by atoms with E-state index < -0.39 is 0 Å². The van der Waals surface area contributed by atoms with E-state index in [1.54, 1.807) is 24.3 Å². The van der Waals surface area contributed by atoms with Crippen molar-refractivity contribution >= 4 is 33.0 Å². The summed E-state index contributed by atoms with van der Waals surface area (Å²) in [6.07, 6.45) is 9.48. The van der Waals surface area contributed by atoms with Crippen molar-refractivity contribution in [1.82, 2.24) is 21.3 Å². The van der Waals surface area contributed by atoms with Crippen molar-refractivity contribution in [3.8, 4) is 0 Å². The number of unbranched alkanes of at least 4 members (excludes halogenated alkanes) is 6. The molecule has 0 saturated carbocycles. The molecule has 2 rings (SSSR count). The molecule has 10 nitrogen and oxygen atoms in total. The van der Waals surface area contributed by atoms with Crippen molar-refractivity contribution in [3.05, 3.63) is 79.9 Å². The second-order valence-electron chi connectivity index (χ2n) is 10.2. The minimum atomic E-state index is -0.351. The number of benzene rings is 2. The summed E-state index contributed by atoms with van der Waals surface area (Å²) < 4.78 is 0. The fourth-order valence-electron chi connectivity index (χ4n) is 4.33. The Labute approximate surface area is 258 Å². The molecule has 0 aliphatic carbocycles. The van der Waals surface area contributed by atoms with E-state index in [2.05, 4.69) is 21.3 Å². The Kier molecular flexibility index (Phi) is 20.8. The monoisotopic (exact) mass is 620 g/mol. The summed E-state index contributed by atoms with van der Waals surface area (Å²) in [4.78, 5) is 21.0. The molecule has 0 aromatic heterocycles. The Bertz CT molecular complexity index is 938. The summed E-state index contributed by atoms with van der Waals surface area (Å²) in [5.41, 5.74) is 2.20. The molecule has 42 heavy (non-hydrogen) atoms. The number of non-ortho nitro benzene ring substituents is 2. The van der Waals surface area contributed by atoms with Crippen LogP contribution < -0.4 is 21.3 Å². The maximum atomic E-state index is 10.8. The van der Waals surface area contributed by atoms with Crippen molar-refractivity contribution in [2.75, 3.05) is 50.8 Å². The average molecular weight is 621 g/mol. The van der Waals surface area contributed by atoms with E-state index in [-0.39, 0.29) is 21.2 Å². The van der Waals surface area contributed by atoms with Crippen LogP contribution in [0.1, 0.15) is 62.5 Å². The number of nitro groups is 2. The molecule has 2 aromatic rings. The lowest BCUT2D eigenvalue weighted by Crippen LogP contribution is -2.19. The van der Waals surface area contributed by atoms with Gasteiger partial charge in [-0.2, -0.15) is 0 Å². The highest BCUT2D eigenvalue weighted by atomic mass is 33.1. The molecule has 0 aliphatic rings. The Morgan fingerprint density at radius 2 is 0.905 bits per heavy atom. The summed E-state index contributed by atoms with van der Waals surface area (Å²) in [5, 5.41) is 35.5. The number of hydrogen-bond acceptors (Lipinski definition) is 10. The van der Waals surface area contributed by atoms with Crippen LogP contribution in [0.25, 0.3) is 0 Å². The van der Waals surface area contributed by atoms with E-state index in [9.17, 15) is 20.2 Å². The van der Waals surface area contributed by atoms with Crippen molar-refractivity contribution in [2.45, 2.75) is 64.5 Å². The Balaban J connectivity index is 1.23. The van der Waals surface area contributed by atoms with Gasteiger partial charge < -0.3 is 21.3 Å². The highest BCUT2D eigenvalue weighted by Gasteiger charge is 2.06. The number of hydrogen-bond donors (Lipinski definition) is 4. The molecular weight excluding hydrogens is 573 g/mol. The van der Waals surface area contributed by atoms with Gasteiger partial charge in [0.25, 0.3) is 11.4 Å². The third-order valence-corrected chi connectivity index (χ3v) is 9.03. The zero-order chi connectivity index (χ0) is 30.1. The fourth-order valence-corrected chi connectivity index (χ4v) is 6.23. The molecule has 0 aliphatic heterocycles. The minimum absolute atomic E-state index is 0.149. The highest BCUT2D eigenvalue weighted by Crippen LogP contribution is 2.19. The summed E-state index contributed by atoms with van der Waals surface area (Å²) in [7, 11) is 3.88. The minimum Gasteiger partial charge on any atom is -0.316 e. The van der Waals surface area contributed by atoms with E-state index in [0.29, 0.717) is 13.1 Å². The van der Waals surface area contributed by atoms with Gasteiger partial charge in [-0.15, -0.1) is 0 Å². The quantitative estimate of drug-likeness (QED) is 0.0404. The lowest BCUT2D eigenvalue weighted by atomic mass is 10.2. The molecule has 0 unspecified atom stereocenters. The molecule has 0 saturated heterocycles. The third kappa shape index (κ3) is 18.3. The Morgan fingerprint density at radius 3 is 1.29 bits per heavy atom. The number of rotatable bonds is 27. The molecule has 0 spiro atoms. The Hall–Kier alpha value is -2.22. The number of nitrogens with zero attached hydrogens (tertiary/aromatic N) is 2. The van der Waals surface area contributed by atoms with Crippen molar-refractivity contribution in [3.63, 3.8) is 0 Å². The zero-order valence-corrected chi connectivity index (χ0v) is 26.3. The first-order valence-electron chi connectivity index (χ1n) is 15.1. The third-order valence-electron chi connectivity index (χ3n) is 6.62. The Morgan fingerprint density at radius 1 is 0.524 bits per heavy atom. The molecule has 0 amide bonds.